The van der Waals surface area contributed by atoms with E-state index < -0.39 is 5.97 Å². The molecule has 8 heteroatoms. The average Bonchev–Trinajstić information content (AvgIpc) is 3.33. The van der Waals surface area contributed by atoms with Crippen molar-refractivity contribution in [2.24, 2.45) is 17.8 Å². The number of hydrogen-bond acceptors (Lipinski definition) is 8. The topological polar surface area (TPSA) is 118 Å². The number of nitrogens with two attached hydrogens (primary N) is 1. The molecule has 0 radical (unpaired) electrons. The van der Waals surface area contributed by atoms with Gasteiger partial charge in [-0.1, -0.05) is 6.42 Å². The molecule has 2 fully saturated rings. The summed E-state index contributed by atoms with van der Waals surface area (Å²) in [5.74, 6) is 1.86. The Labute approximate surface area is 162 Å². The maximum Gasteiger partial charge on any atom is 0.342 e. The normalized spacial score (nSPS) is 23.3. The number of hydrogen-bond donors (Lipinski definition) is 1. The number of furan rings is 1. The van der Waals surface area contributed by atoms with Crippen molar-refractivity contribution in [1.29, 1.82) is 0 Å². The first-order valence-corrected chi connectivity index (χ1v) is 9.84. The van der Waals surface area contributed by atoms with Gasteiger partial charge in [0.15, 0.2) is 12.4 Å². The Bertz CT molecular complexity index is 922. The van der Waals surface area contributed by atoms with E-state index in [4.69, 9.17) is 19.6 Å². The second kappa shape index (κ2) is 7.41. The third-order valence-corrected chi connectivity index (χ3v) is 5.96. The van der Waals surface area contributed by atoms with E-state index in [0.717, 1.165) is 12.3 Å². The number of anilines is 1. The van der Waals surface area contributed by atoms with E-state index in [1.165, 1.54) is 19.3 Å². The molecule has 2 heterocycles. The van der Waals surface area contributed by atoms with E-state index in [9.17, 15) is 9.59 Å². The molecule has 0 saturated heterocycles. The van der Waals surface area contributed by atoms with Crippen molar-refractivity contribution in [1.82, 2.24) is 9.97 Å². The summed E-state index contributed by atoms with van der Waals surface area (Å²) in [5, 5.41) is 0.327. The van der Waals surface area contributed by atoms with Crippen molar-refractivity contribution in [3.63, 3.8) is 0 Å². The number of aryl methyl sites for hydroxylation is 1. The van der Waals surface area contributed by atoms with Crippen LogP contribution in [0.25, 0.3) is 11.1 Å². The number of esters is 2. The quantitative estimate of drug-likeness (QED) is 0.751. The highest BCUT2D eigenvalue weighted by atomic mass is 16.5. The second-order valence-corrected chi connectivity index (χ2v) is 7.76. The number of nitrogen functional groups attached to an aromatic ring is 1. The predicted molar refractivity (Wildman–Crippen MR) is 100 cm³/mol. The van der Waals surface area contributed by atoms with Crippen LogP contribution in [0.4, 0.5) is 5.82 Å². The van der Waals surface area contributed by atoms with Crippen molar-refractivity contribution in [3.8, 4) is 0 Å². The third-order valence-electron chi connectivity index (χ3n) is 5.96. The number of fused-ring (bicyclic) bond motifs is 3. The molecule has 0 unspecified atom stereocenters. The highest BCUT2D eigenvalue weighted by Crippen LogP contribution is 2.49. The largest absolute Gasteiger partial charge is 0.462 e. The molecule has 28 heavy (non-hydrogen) atoms. The van der Waals surface area contributed by atoms with Gasteiger partial charge in [-0.3, -0.25) is 4.79 Å². The van der Waals surface area contributed by atoms with Gasteiger partial charge in [0.25, 0.3) is 0 Å². The van der Waals surface area contributed by atoms with Crippen LogP contribution in [0.3, 0.4) is 0 Å². The van der Waals surface area contributed by atoms with Crippen LogP contribution < -0.4 is 5.73 Å². The van der Waals surface area contributed by atoms with E-state index in [-0.39, 0.29) is 42.1 Å². The Morgan fingerprint density at radius 2 is 2.04 bits per heavy atom. The number of nitrogens with zero attached hydrogens (tertiary/aromatic N) is 2. The summed E-state index contributed by atoms with van der Waals surface area (Å²) >= 11 is 0. The summed E-state index contributed by atoms with van der Waals surface area (Å²) in [6, 6.07) is 0. The van der Waals surface area contributed by atoms with Crippen LogP contribution in [0.1, 0.15) is 61.0 Å². The molecular formula is C20H25N3O5. The van der Waals surface area contributed by atoms with Gasteiger partial charge >= 0.3 is 11.9 Å². The minimum atomic E-state index is -0.529. The summed E-state index contributed by atoms with van der Waals surface area (Å²) in [6.07, 6.45) is 5.39. The van der Waals surface area contributed by atoms with Crippen LogP contribution in [-0.4, -0.2) is 28.5 Å². The summed E-state index contributed by atoms with van der Waals surface area (Å²) in [5.41, 5.74) is 6.44. The van der Waals surface area contributed by atoms with Gasteiger partial charge in [0.2, 0.25) is 5.71 Å². The van der Waals surface area contributed by atoms with E-state index in [1.807, 2.05) is 0 Å². The smallest absolute Gasteiger partial charge is 0.342 e. The van der Waals surface area contributed by atoms with E-state index in [0.29, 0.717) is 29.4 Å². The molecular weight excluding hydrogens is 362 g/mol. The molecule has 2 bridgehead atoms. The molecule has 2 aromatic rings. The Kier molecular flexibility index (Phi) is 4.95. The maximum atomic E-state index is 12.2. The molecule has 2 aliphatic carbocycles. The van der Waals surface area contributed by atoms with Gasteiger partial charge in [-0.25, -0.2) is 9.78 Å². The van der Waals surface area contributed by atoms with E-state index in [2.05, 4.69) is 9.97 Å². The molecule has 0 spiro atoms. The first-order chi connectivity index (χ1) is 13.5. The van der Waals surface area contributed by atoms with Crippen LogP contribution in [0.2, 0.25) is 0 Å². The first kappa shape index (κ1) is 18.7. The standard InChI is InChI=1S/C20H25N3O5/c1-3-26-20(25)16-10(2)28-19-17(16)18(21)22-14(23-19)9-27-15(24)8-13-7-11-4-5-12(13)6-11/h11-13H,3-9H2,1-2H3,(H2,21,22,23)/t11-,12-,13+/m0/s1. The molecule has 2 aliphatic rings. The fourth-order valence-corrected chi connectivity index (χ4v) is 4.74. The number of ether oxygens (including phenoxy) is 2. The first-order valence-electron chi connectivity index (χ1n) is 9.84. The van der Waals surface area contributed by atoms with Crippen molar-refractivity contribution in [2.75, 3.05) is 12.3 Å². The van der Waals surface area contributed by atoms with Gasteiger partial charge in [-0.2, -0.15) is 4.98 Å². The van der Waals surface area contributed by atoms with Crippen molar-refractivity contribution in [3.05, 3.63) is 17.1 Å². The lowest BCUT2D eigenvalue weighted by atomic mass is 9.86. The number of carbonyl (C=O) groups excluding carboxylic acids is 2. The monoisotopic (exact) mass is 387 g/mol. The third kappa shape index (κ3) is 3.43. The Hall–Kier alpha value is -2.64. The molecule has 4 rings (SSSR count). The SMILES string of the molecule is CCOC(=O)c1c(C)oc2nc(COC(=O)C[C@H]3C[C@H]4CC[C@H]3C4)nc(N)c12. The van der Waals surface area contributed by atoms with Gasteiger partial charge < -0.3 is 19.6 Å². The molecule has 2 N–H and O–H groups in total. The van der Waals surface area contributed by atoms with E-state index in [1.54, 1.807) is 13.8 Å². The zero-order valence-corrected chi connectivity index (χ0v) is 16.2. The van der Waals surface area contributed by atoms with Crippen LogP contribution >= 0.6 is 0 Å². The molecule has 0 amide bonds. The van der Waals surface area contributed by atoms with Gasteiger partial charge in [-0.15, -0.1) is 0 Å². The Morgan fingerprint density at radius 1 is 1.21 bits per heavy atom. The van der Waals surface area contributed by atoms with Crippen LogP contribution in [0.5, 0.6) is 0 Å². The Balaban J connectivity index is 1.44. The van der Waals surface area contributed by atoms with Gasteiger partial charge in [0, 0.05) is 6.42 Å². The van der Waals surface area contributed by atoms with Gasteiger partial charge in [-0.05, 0) is 50.9 Å². The summed E-state index contributed by atoms with van der Waals surface area (Å²) in [4.78, 5) is 32.8. The predicted octanol–water partition coefficient (Wildman–Crippen LogP) is 3.16. The molecule has 2 saturated carbocycles. The number of rotatable bonds is 6. The lowest BCUT2D eigenvalue weighted by Crippen LogP contribution is -2.17. The van der Waals surface area contributed by atoms with Crippen molar-refractivity contribution >= 4 is 28.9 Å². The number of aromatic nitrogens is 2. The fraction of sp³-hybridized carbons (Fsp3) is 0.600. The van der Waals surface area contributed by atoms with Crippen LogP contribution in [0, 0.1) is 24.7 Å². The molecule has 0 aromatic carbocycles. The summed E-state index contributed by atoms with van der Waals surface area (Å²) in [7, 11) is 0. The fourth-order valence-electron chi connectivity index (χ4n) is 4.74. The molecule has 8 nitrogen and oxygen atoms in total. The van der Waals surface area contributed by atoms with E-state index >= 15 is 0 Å². The Morgan fingerprint density at radius 3 is 2.71 bits per heavy atom. The lowest BCUT2D eigenvalue weighted by molar-refractivity contribution is -0.146. The lowest BCUT2D eigenvalue weighted by Gasteiger charge is -2.20. The highest BCUT2D eigenvalue weighted by Gasteiger charge is 2.40. The van der Waals surface area contributed by atoms with Crippen molar-refractivity contribution < 1.29 is 23.5 Å². The molecule has 150 valence electrons. The zero-order chi connectivity index (χ0) is 19.8. The van der Waals surface area contributed by atoms with Crippen LogP contribution in [0.15, 0.2) is 4.42 Å². The maximum absolute atomic E-state index is 12.2. The minimum absolute atomic E-state index is 0.0751. The molecule has 3 atom stereocenters. The second-order valence-electron chi connectivity index (χ2n) is 7.76. The molecule has 2 aromatic heterocycles. The highest BCUT2D eigenvalue weighted by molar-refractivity contribution is 6.07. The minimum Gasteiger partial charge on any atom is -0.462 e. The van der Waals surface area contributed by atoms with Gasteiger partial charge in [0.05, 0.1) is 12.0 Å². The van der Waals surface area contributed by atoms with Crippen molar-refractivity contribution in [2.45, 2.75) is 52.6 Å². The zero-order valence-electron chi connectivity index (χ0n) is 16.2. The average molecular weight is 387 g/mol. The van der Waals surface area contributed by atoms with Crippen LogP contribution in [-0.2, 0) is 20.9 Å². The molecule has 0 aliphatic heterocycles. The van der Waals surface area contributed by atoms with Gasteiger partial charge in [0.1, 0.15) is 17.1 Å². The summed E-state index contributed by atoms with van der Waals surface area (Å²) < 4.78 is 16.0. The number of carbonyl (C=O) groups is 2. The summed E-state index contributed by atoms with van der Waals surface area (Å²) in [6.45, 7) is 3.53.